The van der Waals surface area contributed by atoms with Gasteiger partial charge < -0.3 is 4.90 Å². The van der Waals surface area contributed by atoms with E-state index in [1.807, 2.05) is 0 Å². The summed E-state index contributed by atoms with van der Waals surface area (Å²) in [5.74, 6) is 0. The molecule has 60 heavy (non-hydrogen) atoms. The lowest BCUT2D eigenvalue weighted by Crippen LogP contribution is -2.26. The van der Waals surface area contributed by atoms with Gasteiger partial charge in [-0.2, -0.15) is 0 Å². The van der Waals surface area contributed by atoms with Crippen LogP contribution in [0.1, 0.15) is 22.3 Å². The van der Waals surface area contributed by atoms with Gasteiger partial charge in [-0.15, -0.1) is 0 Å². The number of fused-ring (bicyclic) bond motifs is 17. The fourth-order valence-corrected chi connectivity index (χ4v) is 11.0. The zero-order valence-electron chi connectivity index (χ0n) is 32.8. The van der Waals surface area contributed by atoms with Crippen LogP contribution in [0.3, 0.4) is 0 Å². The third-order valence-corrected chi connectivity index (χ3v) is 13.4. The number of nitrogens with zero attached hydrogens (tertiary/aromatic N) is 1. The Labute approximate surface area is 349 Å². The van der Waals surface area contributed by atoms with Gasteiger partial charge in [0.15, 0.2) is 0 Å². The first-order valence-electron chi connectivity index (χ1n) is 20.9. The van der Waals surface area contributed by atoms with Crippen molar-refractivity contribution < 1.29 is 0 Å². The average Bonchev–Trinajstić information content (AvgIpc) is 3.78. The van der Waals surface area contributed by atoms with Crippen LogP contribution in [0.4, 0.5) is 17.1 Å². The maximum Gasteiger partial charge on any atom is 0.0726 e. The minimum atomic E-state index is -0.480. The highest BCUT2D eigenvalue weighted by atomic mass is 15.1. The number of benzene rings is 11. The summed E-state index contributed by atoms with van der Waals surface area (Å²) in [7, 11) is 0. The average molecular weight is 760 g/mol. The molecule has 0 bridgehead atoms. The molecule has 11 aromatic rings. The Kier molecular flexibility index (Phi) is 7.00. The third kappa shape index (κ3) is 4.47. The van der Waals surface area contributed by atoms with Gasteiger partial charge in [0.2, 0.25) is 0 Å². The molecule has 0 saturated heterocycles. The number of para-hydroxylation sites is 1. The minimum absolute atomic E-state index is 0.480. The first kappa shape index (κ1) is 33.3. The second-order valence-corrected chi connectivity index (χ2v) is 16.3. The van der Waals surface area contributed by atoms with Crippen molar-refractivity contribution in [3.63, 3.8) is 0 Å². The molecule has 0 saturated carbocycles. The van der Waals surface area contributed by atoms with Crippen molar-refractivity contribution in [2.24, 2.45) is 0 Å². The van der Waals surface area contributed by atoms with E-state index in [0.717, 1.165) is 17.1 Å². The van der Waals surface area contributed by atoms with E-state index in [-0.39, 0.29) is 0 Å². The maximum atomic E-state index is 2.56. The van der Waals surface area contributed by atoms with Crippen molar-refractivity contribution in [1.82, 2.24) is 0 Å². The smallest absolute Gasteiger partial charge is 0.0726 e. The zero-order chi connectivity index (χ0) is 39.4. The number of hydrogen-bond acceptors (Lipinski definition) is 1. The molecule has 1 nitrogen and oxygen atoms in total. The molecule has 0 aliphatic heterocycles. The molecular weight excluding hydrogens is 723 g/mol. The molecule has 0 N–H and O–H groups in total. The quantitative estimate of drug-likeness (QED) is 0.162. The Morgan fingerprint density at radius 2 is 0.717 bits per heavy atom. The van der Waals surface area contributed by atoms with Crippen LogP contribution in [0.5, 0.6) is 0 Å². The van der Waals surface area contributed by atoms with Crippen LogP contribution < -0.4 is 4.90 Å². The fourth-order valence-electron chi connectivity index (χ4n) is 11.0. The number of rotatable bonds is 4. The molecule has 1 spiro atoms. The SMILES string of the molecule is c1ccc(N(c2ccc3c4ccccc4c4ccccc4c3c2)c2cc3c(cc2-c2cccc4ccccc24)-c2ccccc2C32c3ccccc3-c3ccccc32)cc1. The lowest BCUT2D eigenvalue weighted by molar-refractivity contribution is 0.794. The topological polar surface area (TPSA) is 3.24 Å². The Balaban J connectivity index is 1.18. The van der Waals surface area contributed by atoms with Gasteiger partial charge in [-0.3, -0.25) is 0 Å². The standard InChI is InChI=1S/C59H37N/c1-2-19-39(20-3-1)60(40-33-34-47-45-24-7-6-22-43(45)44-23-8-9-25-46(44)51(47)35-40)58-37-57-52(36-53(58)42-29-16-18-38-17-4-5-21-41(38)42)50-28-12-15-32-56(50)59(57)54-30-13-10-26-48(54)49-27-11-14-31-55(49)59/h1-37H. The number of anilines is 3. The molecule has 0 amide bonds. The van der Waals surface area contributed by atoms with E-state index < -0.39 is 5.41 Å². The summed E-state index contributed by atoms with van der Waals surface area (Å²) in [6.07, 6.45) is 0. The van der Waals surface area contributed by atoms with Crippen LogP contribution in [-0.4, -0.2) is 0 Å². The predicted molar refractivity (Wildman–Crippen MR) is 253 cm³/mol. The summed E-state index contributed by atoms with van der Waals surface area (Å²) in [6, 6.07) is 83.8. The lowest BCUT2D eigenvalue weighted by atomic mass is 9.70. The molecule has 0 unspecified atom stereocenters. The van der Waals surface area contributed by atoms with E-state index in [1.165, 1.54) is 98.7 Å². The van der Waals surface area contributed by atoms with Crippen LogP contribution in [0.2, 0.25) is 0 Å². The van der Waals surface area contributed by atoms with Crippen molar-refractivity contribution in [1.29, 1.82) is 0 Å². The summed E-state index contributed by atoms with van der Waals surface area (Å²) in [4.78, 5) is 2.52. The van der Waals surface area contributed by atoms with Gasteiger partial charge in [-0.1, -0.05) is 188 Å². The van der Waals surface area contributed by atoms with Crippen LogP contribution >= 0.6 is 0 Å². The monoisotopic (exact) mass is 759 g/mol. The summed E-state index contributed by atoms with van der Waals surface area (Å²) < 4.78 is 0. The molecule has 278 valence electrons. The van der Waals surface area contributed by atoms with Crippen LogP contribution in [0.15, 0.2) is 224 Å². The van der Waals surface area contributed by atoms with E-state index in [2.05, 4.69) is 229 Å². The van der Waals surface area contributed by atoms with E-state index in [0.29, 0.717) is 0 Å². The van der Waals surface area contributed by atoms with E-state index in [4.69, 9.17) is 0 Å². The molecule has 0 heterocycles. The van der Waals surface area contributed by atoms with Gasteiger partial charge in [-0.05, 0) is 130 Å². The van der Waals surface area contributed by atoms with E-state index in [9.17, 15) is 0 Å². The third-order valence-electron chi connectivity index (χ3n) is 13.4. The molecule has 0 atom stereocenters. The maximum absolute atomic E-state index is 2.56. The van der Waals surface area contributed by atoms with Crippen molar-refractivity contribution in [2.45, 2.75) is 5.41 Å². The Morgan fingerprint density at radius 3 is 1.35 bits per heavy atom. The van der Waals surface area contributed by atoms with Crippen molar-refractivity contribution in [3.8, 4) is 33.4 Å². The minimum Gasteiger partial charge on any atom is -0.310 e. The van der Waals surface area contributed by atoms with Crippen LogP contribution in [0.25, 0.3) is 76.5 Å². The van der Waals surface area contributed by atoms with Gasteiger partial charge in [-0.25, -0.2) is 0 Å². The van der Waals surface area contributed by atoms with Crippen molar-refractivity contribution >= 4 is 60.2 Å². The Morgan fingerprint density at radius 1 is 0.250 bits per heavy atom. The Bertz CT molecular complexity index is 3470. The first-order chi connectivity index (χ1) is 29.8. The van der Waals surface area contributed by atoms with Crippen molar-refractivity contribution in [2.75, 3.05) is 4.90 Å². The molecule has 2 aliphatic rings. The predicted octanol–water partition coefficient (Wildman–Crippen LogP) is 15.8. The molecular formula is C59H37N. The van der Waals surface area contributed by atoms with Gasteiger partial charge >= 0.3 is 0 Å². The normalized spacial score (nSPS) is 13.1. The fraction of sp³-hybridized carbons (Fsp3) is 0.0169. The largest absolute Gasteiger partial charge is 0.310 e. The summed E-state index contributed by atoms with van der Waals surface area (Å²) in [5, 5.41) is 10.1. The Hall–Kier alpha value is -7.74. The summed E-state index contributed by atoms with van der Waals surface area (Å²) >= 11 is 0. The number of hydrogen-bond donors (Lipinski definition) is 0. The van der Waals surface area contributed by atoms with Gasteiger partial charge in [0.05, 0.1) is 11.1 Å². The molecule has 0 fully saturated rings. The van der Waals surface area contributed by atoms with Crippen molar-refractivity contribution in [3.05, 3.63) is 247 Å². The highest BCUT2D eigenvalue weighted by Gasteiger charge is 2.52. The highest BCUT2D eigenvalue weighted by molar-refractivity contribution is 6.26. The molecule has 11 aromatic carbocycles. The van der Waals surface area contributed by atoms with Gasteiger partial charge in [0, 0.05) is 16.9 Å². The molecule has 1 heteroatoms. The summed E-state index contributed by atoms with van der Waals surface area (Å²) in [5.41, 5.74) is 15.9. The van der Waals surface area contributed by atoms with Crippen LogP contribution in [-0.2, 0) is 5.41 Å². The molecule has 13 rings (SSSR count). The van der Waals surface area contributed by atoms with E-state index >= 15 is 0 Å². The lowest BCUT2D eigenvalue weighted by Gasteiger charge is -2.33. The first-order valence-corrected chi connectivity index (χ1v) is 20.9. The molecule has 2 aliphatic carbocycles. The second-order valence-electron chi connectivity index (χ2n) is 16.3. The molecule has 0 aromatic heterocycles. The zero-order valence-corrected chi connectivity index (χ0v) is 32.8. The van der Waals surface area contributed by atoms with Crippen LogP contribution in [0, 0.1) is 0 Å². The van der Waals surface area contributed by atoms with E-state index in [1.54, 1.807) is 0 Å². The second kappa shape index (κ2) is 12.6. The highest BCUT2D eigenvalue weighted by Crippen LogP contribution is 2.64. The van der Waals surface area contributed by atoms with Gasteiger partial charge in [0.25, 0.3) is 0 Å². The summed E-state index contributed by atoms with van der Waals surface area (Å²) in [6.45, 7) is 0. The molecule has 0 radical (unpaired) electrons. The van der Waals surface area contributed by atoms with Gasteiger partial charge in [0.1, 0.15) is 0 Å².